The molecule has 0 spiro atoms. The number of benzene rings is 1. The van der Waals surface area contributed by atoms with Crippen molar-refractivity contribution in [3.63, 3.8) is 0 Å². The largest absolute Gasteiger partial charge is 0.366 e. The topological polar surface area (TPSA) is 38.3 Å². The first-order valence-corrected chi connectivity index (χ1v) is 5.72. The van der Waals surface area contributed by atoms with Crippen LogP contribution >= 0.6 is 15.9 Å². The Balaban J connectivity index is 2.00. The van der Waals surface area contributed by atoms with Crippen molar-refractivity contribution >= 4 is 21.8 Å². The molecule has 0 saturated carbocycles. The Kier molecular flexibility index (Phi) is 2.07. The van der Waals surface area contributed by atoms with Crippen LogP contribution in [-0.2, 0) is 16.0 Å². The van der Waals surface area contributed by atoms with E-state index >= 15 is 0 Å². The SMILES string of the molecule is O=C1COC2Cc3cc(Br)ccc3[C@@H]2N1. The summed E-state index contributed by atoms with van der Waals surface area (Å²) < 4.78 is 6.58. The fourth-order valence-corrected chi connectivity index (χ4v) is 2.72. The number of morpholine rings is 1. The second-order valence-electron chi connectivity index (χ2n) is 3.94. The number of amides is 1. The lowest BCUT2D eigenvalue weighted by Gasteiger charge is -2.27. The van der Waals surface area contributed by atoms with Crippen LogP contribution in [0, 0.1) is 0 Å². The molecule has 1 unspecified atom stereocenters. The number of ether oxygens (including phenoxy) is 1. The lowest BCUT2D eigenvalue weighted by atomic mass is 10.1. The first-order valence-electron chi connectivity index (χ1n) is 4.93. The molecule has 1 aliphatic heterocycles. The van der Waals surface area contributed by atoms with Crippen molar-refractivity contribution in [2.24, 2.45) is 0 Å². The molecule has 1 aromatic carbocycles. The summed E-state index contributed by atoms with van der Waals surface area (Å²) in [6, 6.07) is 6.21. The third-order valence-electron chi connectivity index (χ3n) is 2.98. The molecule has 0 aromatic heterocycles. The van der Waals surface area contributed by atoms with Crippen molar-refractivity contribution in [1.29, 1.82) is 0 Å². The molecule has 1 aromatic rings. The minimum Gasteiger partial charge on any atom is -0.366 e. The molecule has 0 radical (unpaired) electrons. The first kappa shape index (κ1) is 9.36. The standard InChI is InChI=1S/C11H10BrNO2/c12-7-1-2-8-6(3-7)4-9-11(8)13-10(14)5-15-9/h1-3,9,11H,4-5H2,(H,13,14)/t9?,11-/m0/s1. The molecular weight excluding hydrogens is 258 g/mol. The zero-order chi connectivity index (χ0) is 10.4. The van der Waals surface area contributed by atoms with Crippen LogP contribution in [-0.4, -0.2) is 18.6 Å². The number of rotatable bonds is 0. The van der Waals surface area contributed by atoms with Gasteiger partial charge in [0.15, 0.2) is 0 Å². The molecule has 3 nitrogen and oxygen atoms in total. The minimum absolute atomic E-state index is 0.0213. The Morgan fingerprint density at radius 3 is 3.20 bits per heavy atom. The highest BCUT2D eigenvalue weighted by Crippen LogP contribution is 2.36. The van der Waals surface area contributed by atoms with E-state index in [1.54, 1.807) is 0 Å². The van der Waals surface area contributed by atoms with Gasteiger partial charge in [0.2, 0.25) is 5.91 Å². The first-order chi connectivity index (χ1) is 7.24. The van der Waals surface area contributed by atoms with Gasteiger partial charge in [-0.15, -0.1) is 0 Å². The van der Waals surface area contributed by atoms with E-state index < -0.39 is 0 Å². The molecule has 1 heterocycles. The summed E-state index contributed by atoms with van der Waals surface area (Å²) in [5.74, 6) is -0.0213. The summed E-state index contributed by atoms with van der Waals surface area (Å²) >= 11 is 3.45. The summed E-state index contributed by atoms with van der Waals surface area (Å²) in [5, 5.41) is 2.97. The number of fused-ring (bicyclic) bond motifs is 3. The lowest BCUT2D eigenvalue weighted by Crippen LogP contribution is -2.43. The number of carbonyl (C=O) groups excluding carboxylic acids is 1. The molecule has 4 heteroatoms. The predicted octanol–water partition coefficient (Wildman–Crippen LogP) is 1.56. The number of hydrogen-bond acceptors (Lipinski definition) is 2. The lowest BCUT2D eigenvalue weighted by molar-refractivity contribution is -0.136. The van der Waals surface area contributed by atoms with E-state index in [0.717, 1.165) is 10.9 Å². The Bertz CT molecular complexity index is 433. The maximum absolute atomic E-state index is 11.2. The van der Waals surface area contributed by atoms with Crippen LogP contribution in [0.3, 0.4) is 0 Å². The number of carbonyl (C=O) groups is 1. The molecule has 1 fully saturated rings. The molecule has 0 bridgehead atoms. The van der Waals surface area contributed by atoms with Gasteiger partial charge in [0.1, 0.15) is 6.61 Å². The Hall–Kier alpha value is -0.870. The normalized spacial score (nSPS) is 28.2. The van der Waals surface area contributed by atoms with Crippen LogP contribution in [0.1, 0.15) is 17.2 Å². The molecule has 1 saturated heterocycles. The van der Waals surface area contributed by atoms with Crippen molar-refractivity contribution < 1.29 is 9.53 Å². The van der Waals surface area contributed by atoms with Crippen molar-refractivity contribution in [3.8, 4) is 0 Å². The van der Waals surface area contributed by atoms with Gasteiger partial charge >= 0.3 is 0 Å². The second kappa shape index (κ2) is 3.32. The fraction of sp³-hybridized carbons (Fsp3) is 0.364. The summed E-state index contributed by atoms with van der Waals surface area (Å²) in [4.78, 5) is 11.2. The highest BCUT2D eigenvalue weighted by molar-refractivity contribution is 9.10. The van der Waals surface area contributed by atoms with Gasteiger partial charge in [-0.3, -0.25) is 4.79 Å². The van der Waals surface area contributed by atoms with Gasteiger partial charge in [0, 0.05) is 10.9 Å². The van der Waals surface area contributed by atoms with Crippen LogP contribution < -0.4 is 5.32 Å². The van der Waals surface area contributed by atoms with Gasteiger partial charge in [-0.1, -0.05) is 22.0 Å². The van der Waals surface area contributed by atoms with Crippen molar-refractivity contribution in [1.82, 2.24) is 5.32 Å². The number of hydrogen-bond donors (Lipinski definition) is 1. The van der Waals surface area contributed by atoms with Crippen molar-refractivity contribution in [3.05, 3.63) is 33.8 Å². The summed E-state index contributed by atoms with van der Waals surface area (Å²) in [6.07, 6.45) is 1.01. The third-order valence-corrected chi connectivity index (χ3v) is 3.47. The van der Waals surface area contributed by atoms with Crippen molar-refractivity contribution in [2.45, 2.75) is 18.6 Å². The summed E-state index contributed by atoms with van der Waals surface area (Å²) in [7, 11) is 0. The number of nitrogens with one attached hydrogen (secondary N) is 1. The van der Waals surface area contributed by atoms with Crippen LogP contribution in [0.5, 0.6) is 0 Å². The van der Waals surface area contributed by atoms with Gasteiger partial charge in [-0.05, 0) is 23.3 Å². The van der Waals surface area contributed by atoms with E-state index in [0.29, 0.717) is 0 Å². The zero-order valence-corrected chi connectivity index (χ0v) is 9.58. The molecule has 1 amide bonds. The average Bonchev–Trinajstić information content (AvgIpc) is 2.54. The molecule has 1 N–H and O–H groups in total. The zero-order valence-electron chi connectivity index (χ0n) is 8.00. The smallest absolute Gasteiger partial charge is 0.246 e. The van der Waals surface area contributed by atoms with Crippen LogP contribution in [0.15, 0.2) is 22.7 Å². The van der Waals surface area contributed by atoms with Gasteiger partial charge in [0.25, 0.3) is 0 Å². The minimum atomic E-state index is -0.0213. The van der Waals surface area contributed by atoms with E-state index in [-0.39, 0.29) is 24.7 Å². The van der Waals surface area contributed by atoms with Gasteiger partial charge in [-0.2, -0.15) is 0 Å². The molecule has 2 atom stereocenters. The highest BCUT2D eigenvalue weighted by atomic mass is 79.9. The number of halogens is 1. The van der Waals surface area contributed by atoms with E-state index in [1.165, 1.54) is 11.1 Å². The third kappa shape index (κ3) is 1.48. The van der Waals surface area contributed by atoms with E-state index in [2.05, 4.69) is 33.4 Å². The van der Waals surface area contributed by atoms with Crippen LogP contribution in [0.25, 0.3) is 0 Å². The Morgan fingerprint density at radius 1 is 1.47 bits per heavy atom. The second-order valence-corrected chi connectivity index (χ2v) is 4.86. The maximum atomic E-state index is 11.2. The summed E-state index contributed by atoms with van der Waals surface area (Å²) in [6.45, 7) is 0.191. The molecular formula is C11H10BrNO2. The quantitative estimate of drug-likeness (QED) is 0.775. The maximum Gasteiger partial charge on any atom is 0.246 e. The summed E-state index contributed by atoms with van der Waals surface area (Å²) in [5.41, 5.74) is 2.46. The Morgan fingerprint density at radius 2 is 2.33 bits per heavy atom. The predicted molar refractivity (Wildman–Crippen MR) is 58.5 cm³/mol. The van der Waals surface area contributed by atoms with Gasteiger partial charge in [0.05, 0.1) is 12.1 Å². The van der Waals surface area contributed by atoms with Gasteiger partial charge in [-0.25, -0.2) is 0 Å². The molecule has 3 rings (SSSR count). The van der Waals surface area contributed by atoms with Gasteiger partial charge < -0.3 is 10.1 Å². The van der Waals surface area contributed by atoms with E-state index in [1.807, 2.05) is 6.07 Å². The Labute approximate surface area is 95.9 Å². The molecule has 1 aliphatic carbocycles. The fourth-order valence-electron chi connectivity index (χ4n) is 2.31. The highest BCUT2D eigenvalue weighted by Gasteiger charge is 2.37. The van der Waals surface area contributed by atoms with Crippen LogP contribution in [0.4, 0.5) is 0 Å². The molecule has 15 heavy (non-hydrogen) atoms. The van der Waals surface area contributed by atoms with E-state index in [9.17, 15) is 4.79 Å². The monoisotopic (exact) mass is 267 g/mol. The average molecular weight is 268 g/mol. The van der Waals surface area contributed by atoms with Crippen LogP contribution in [0.2, 0.25) is 0 Å². The molecule has 2 aliphatic rings. The van der Waals surface area contributed by atoms with Crippen molar-refractivity contribution in [2.75, 3.05) is 6.61 Å². The molecule has 78 valence electrons. The van der Waals surface area contributed by atoms with E-state index in [4.69, 9.17) is 4.74 Å².